The van der Waals surface area contributed by atoms with Gasteiger partial charge in [0.05, 0.1) is 0 Å². The highest BCUT2D eigenvalue weighted by molar-refractivity contribution is 5.85. The molecule has 0 aliphatic heterocycles. The van der Waals surface area contributed by atoms with Gasteiger partial charge in [0.15, 0.2) is 12.7 Å². The van der Waals surface area contributed by atoms with E-state index in [1.54, 1.807) is 19.1 Å². The van der Waals surface area contributed by atoms with Gasteiger partial charge in [-0.15, -0.1) is 0 Å². The number of carbonyl (C=O) groups excluding carboxylic acids is 2. The summed E-state index contributed by atoms with van der Waals surface area (Å²) in [5, 5.41) is 0. The maximum atomic E-state index is 12.2. The first kappa shape index (κ1) is 20.9. The fourth-order valence-electron chi connectivity index (χ4n) is 2.81. The number of nitrogens with one attached hydrogen (secondary N) is 2. The molecule has 0 saturated carbocycles. The van der Waals surface area contributed by atoms with Crippen LogP contribution in [0.1, 0.15) is 12.5 Å². The van der Waals surface area contributed by atoms with Crippen LogP contribution in [0, 0.1) is 6.92 Å². The number of benzene rings is 3. The highest BCUT2D eigenvalue weighted by Gasteiger charge is 2.16. The molecule has 0 saturated heterocycles. The molecule has 0 heterocycles. The molecule has 1 atom stereocenters. The molecule has 154 valence electrons. The Morgan fingerprint density at radius 2 is 1.63 bits per heavy atom. The van der Waals surface area contributed by atoms with Gasteiger partial charge >= 0.3 is 0 Å². The van der Waals surface area contributed by atoms with E-state index >= 15 is 0 Å². The lowest BCUT2D eigenvalue weighted by molar-refractivity contribution is -0.133. The molecule has 0 aliphatic rings. The van der Waals surface area contributed by atoms with E-state index in [-0.39, 0.29) is 6.61 Å². The van der Waals surface area contributed by atoms with Crippen molar-refractivity contribution in [1.82, 2.24) is 10.9 Å². The van der Waals surface area contributed by atoms with Crippen molar-refractivity contribution in [1.29, 1.82) is 0 Å². The third kappa shape index (κ3) is 5.85. The summed E-state index contributed by atoms with van der Waals surface area (Å²) in [4.78, 5) is 24.3. The number of ether oxygens (including phenoxy) is 2. The molecule has 0 aliphatic carbocycles. The molecule has 2 N–H and O–H groups in total. The van der Waals surface area contributed by atoms with Gasteiger partial charge in [-0.3, -0.25) is 20.4 Å². The fourth-order valence-corrected chi connectivity index (χ4v) is 2.81. The average molecular weight is 404 g/mol. The summed E-state index contributed by atoms with van der Waals surface area (Å²) < 4.78 is 11.2. The molecule has 0 aromatic heterocycles. The van der Waals surface area contributed by atoms with Crippen molar-refractivity contribution in [3.05, 3.63) is 84.4 Å². The second-order valence-electron chi connectivity index (χ2n) is 6.76. The molecule has 0 bridgehead atoms. The van der Waals surface area contributed by atoms with Crippen molar-refractivity contribution in [2.24, 2.45) is 0 Å². The Morgan fingerprint density at radius 1 is 0.900 bits per heavy atom. The average Bonchev–Trinajstić information content (AvgIpc) is 2.76. The summed E-state index contributed by atoms with van der Waals surface area (Å²) in [6.07, 6.45) is -0.771. The van der Waals surface area contributed by atoms with Crippen molar-refractivity contribution < 1.29 is 19.1 Å². The topological polar surface area (TPSA) is 76.7 Å². The highest BCUT2D eigenvalue weighted by Crippen LogP contribution is 2.29. The van der Waals surface area contributed by atoms with Crippen LogP contribution in [-0.4, -0.2) is 24.5 Å². The molecule has 6 nitrogen and oxygen atoms in total. The minimum absolute atomic E-state index is 0.239. The minimum Gasteiger partial charge on any atom is -0.483 e. The van der Waals surface area contributed by atoms with E-state index in [0.29, 0.717) is 11.5 Å². The smallest absolute Gasteiger partial charge is 0.279 e. The van der Waals surface area contributed by atoms with E-state index in [4.69, 9.17) is 9.47 Å². The Bertz CT molecular complexity index is 1000. The first-order chi connectivity index (χ1) is 14.5. The van der Waals surface area contributed by atoms with E-state index in [0.717, 1.165) is 16.7 Å². The van der Waals surface area contributed by atoms with Crippen LogP contribution in [0.3, 0.4) is 0 Å². The number of amides is 2. The van der Waals surface area contributed by atoms with Gasteiger partial charge in [-0.25, -0.2) is 0 Å². The summed E-state index contributed by atoms with van der Waals surface area (Å²) in [5.74, 6) is 0.231. The second kappa shape index (κ2) is 10.1. The second-order valence-corrected chi connectivity index (χ2v) is 6.76. The third-order valence-corrected chi connectivity index (χ3v) is 4.33. The molecule has 0 radical (unpaired) electrons. The maximum absolute atomic E-state index is 12.2. The van der Waals surface area contributed by atoms with Gasteiger partial charge in [0, 0.05) is 5.56 Å². The monoisotopic (exact) mass is 404 g/mol. The first-order valence-electron chi connectivity index (χ1n) is 9.62. The summed E-state index contributed by atoms with van der Waals surface area (Å²) in [6, 6.07) is 24.6. The van der Waals surface area contributed by atoms with E-state index in [1.165, 1.54) is 0 Å². The largest absolute Gasteiger partial charge is 0.483 e. The Balaban J connectivity index is 1.49. The molecule has 2 amide bonds. The summed E-state index contributed by atoms with van der Waals surface area (Å²) >= 11 is 0. The predicted molar refractivity (Wildman–Crippen MR) is 115 cm³/mol. The molecular formula is C24H24N2O4. The number of hydrogen-bond donors (Lipinski definition) is 2. The van der Waals surface area contributed by atoms with E-state index in [1.807, 2.05) is 73.7 Å². The van der Waals surface area contributed by atoms with Gasteiger partial charge in [-0.05, 0) is 43.2 Å². The van der Waals surface area contributed by atoms with Gasteiger partial charge in [0.25, 0.3) is 11.8 Å². The number of carbonyl (C=O) groups is 2. The predicted octanol–water partition coefficient (Wildman–Crippen LogP) is 3.66. The lowest BCUT2D eigenvalue weighted by Gasteiger charge is -2.16. The molecule has 0 spiro atoms. The van der Waals surface area contributed by atoms with Crippen LogP contribution in [-0.2, 0) is 9.59 Å². The Hall–Kier alpha value is -3.80. The summed E-state index contributed by atoms with van der Waals surface area (Å²) in [6.45, 7) is 3.31. The van der Waals surface area contributed by atoms with Crippen LogP contribution in [0.2, 0.25) is 0 Å². The number of para-hydroxylation sites is 1. The van der Waals surface area contributed by atoms with Gasteiger partial charge in [0.2, 0.25) is 0 Å². The summed E-state index contributed by atoms with van der Waals surface area (Å²) in [7, 11) is 0. The minimum atomic E-state index is -0.771. The quantitative estimate of drug-likeness (QED) is 0.590. The molecule has 0 fully saturated rings. The third-order valence-electron chi connectivity index (χ3n) is 4.33. The standard InChI is InChI=1S/C24H24N2O4/c1-17-9-8-12-20(15-17)30-18(2)24(28)26-25-23(27)16-29-22-14-7-6-13-21(22)19-10-4-3-5-11-19/h3-15,18H,16H2,1-2H3,(H,25,27)(H,26,28). The van der Waals surface area contributed by atoms with Crippen LogP contribution < -0.4 is 20.3 Å². The van der Waals surface area contributed by atoms with Crippen LogP contribution in [0.15, 0.2) is 78.9 Å². The zero-order chi connectivity index (χ0) is 21.3. The number of hydrazine groups is 1. The van der Waals surface area contributed by atoms with Crippen molar-refractivity contribution in [3.63, 3.8) is 0 Å². The fraction of sp³-hybridized carbons (Fsp3) is 0.167. The van der Waals surface area contributed by atoms with Gasteiger partial charge < -0.3 is 9.47 Å². The molecule has 1 unspecified atom stereocenters. The molecule has 30 heavy (non-hydrogen) atoms. The molecule has 6 heteroatoms. The zero-order valence-electron chi connectivity index (χ0n) is 16.9. The number of hydrogen-bond acceptors (Lipinski definition) is 4. The van der Waals surface area contributed by atoms with Crippen LogP contribution in [0.4, 0.5) is 0 Å². The van der Waals surface area contributed by atoms with E-state index < -0.39 is 17.9 Å². The summed E-state index contributed by atoms with van der Waals surface area (Å²) in [5.41, 5.74) is 7.61. The van der Waals surface area contributed by atoms with Crippen molar-refractivity contribution in [2.75, 3.05) is 6.61 Å². The van der Waals surface area contributed by atoms with Gasteiger partial charge in [-0.2, -0.15) is 0 Å². The Labute approximate surface area is 175 Å². The SMILES string of the molecule is Cc1cccc(OC(C)C(=O)NNC(=O)COc2ccccc2-c2ccccc2)c1. The maximum Gasteiger partial charge on any atom is 0.279 e. The Kier molecular flexibility index (Phi) is 7.05. The van der Waals surface area contributed by atoms with Gasteiger partial charge in [-0.1, -0.05) is 60.7 Å². The van der Waals surface area contributed by atoms with E-state index in [2.05, 4.69) is 10.9 Å². The van der Waals surface area contributed by atoms with Crippen molar-refractivity contribution >= 4 is 11.8 Å². The molecule has 3 rings (SSSR count). The highest BCUT2D eigenvalue weighted by atomic mass is 16.5. The number of aryl methyl sites for hydroxylation is 1. The first-order valence-corrected chi connectivity index (χ1v) is 9.62. The van der Waals surface area contributed by atoms with Crippen LogP contribution >= 0.6 is 0 Å². The van der Waals surface area contributed by atoms with E-state index in [9.17, 15) is 9.59 Å². The van der Waals surface area contributed by atoms with Crippen LogP contribution in [0.5, 0.6) is 11.5 Å². The normalized spacial score (nSPS) is 11.3. The Morgan fingerprint density at radius 3 is 2.40 bits per heavy atom. The lowest BCUT2D eigenvalue weighted by atomic mass is 10.1. The number of rotatable bonds is 7. The molecule has 3 aromatic rings. The molecule has 3 aromatic carbocycles. The van der Waals surface area contributed by atoms with Crippen LogP contribution in [0.25, 0.3) is 11.1 Å². The lowest BCUT2D eigenvalue weighted by Crippen LogP contribution is -2.48. The zero-order valence-corrected chi connectivity index (χ0v) is 16.9. The van der Waals surface area contributed by atoms with Crippen molar-refractivity contribution in [2.45, 2.75) is 20.0 Å². The molecular weight excluding hydrogens is 380 g/mol. The van der Waals surface area contributed by atoms with Gasteiger partial charge in [0.1, 0.15) is 11.5 Å². The van der Waals surface area contributed by atoms with Crippen molar-refractivity contribution in [3.8, 4) is 22.6 Å².